The van der Waals surface area contributed by atoms with E-state index in [0.717, 1.165) is 37.7 Å². The van der Waals surface area contributed by atoms with Gasteiger partial charge in [0.2, 0.25) is 0 Å². The van der Waals surface area contributed by atoms with Gasteiger partial charge in [0.25, 0.3) is 5.91 Å². The highest BCUT2D eigenvalue weighted by molar-refractivity contribution is 5.96. The summed E-state index contributed by atoms with van der Waals surface area (Å²) in [7, 11) is 0. The SMILES string of the molecule is O=C1NC2(CCCCC2)NC2=C1CCC2. The van der Waals surface area contributed by atoms with Crippen LogP contribution in [0.4, 0.5) is 0 Å². The van der Waals surface area contributed by atoms with Gasteiger partial charge < -0.3 is 10.6 Å². The summed E-state index contributed by atoms with van der Waals surface area (Å²) in [5, 5.41) is 6.80. The van der Waals surface area contributed by atoms with Gasteiger partial charge in [-0.1, -0.05) is 6.42 Å². The number of carbonyl (C=O) groups excluding carboxylic acids is 1. The Kier molecular flexibility index (Phi) is 2.01. The molecular formula is C12H18N2O. The van der Waals surface area contributed by atoms with Crippen molar-refractivity contribution in [1.29, 1.82) is 0 Å². The molecule has 15 heavy (non-hydrogen) atoms. The number of allylic oxidation sites excluding steroid dienone is 1. The maximum atomic E-state index is 11.9. The van der Waals surface area contributed by atoms with E-state index in [1.165, 1.54) is 25.0 Å². The molecule has 0 aromatic heterocycles. The Morgan fingerprint density at radius 2 is 1.73 bits per heavy atom. The van der Waals surface area contributed by atoms with Gasteiger partial charge in [0.05, 0.1) is 0 Å². The second-order valence-electron chi connectivity index (χ2n) is 5.03. The zero-order valence-corrected chi connectivity index (χ0v) is 9.07. The molecule has 0 aromatic rings. The first-order valence-corrected chi connectivity index (χ1v) is 6.12. The second-order valence-corrected chi connectivity index (χ2v) is 5.03. The highest BCUT2D eigenvalue weighted by Crippen LogP contribution is 2.35. The molecule has 1 aliphatic heterocycles. The second kappa shape index (κ2) is 3.26. The Morgan fingerprint density at radius 1 is 0.933 bits per heavy atom. The van der Waals surface area contributed by atoms with Crippen LogP contribution in [0.5, 0.6) is 0 Å². The quantitative estimate of drug-likeness (QED) is 0.634. The van der Waals surface area contributed by atoms with Gasteiger partial charge in [0.1, 0.15) is 5.66 Å². The van der Waals surface area contributed by atoms with Crippen LogP contribution in [0.3, 0.4) is 0 Å². The van der Waals surface area contributed by atoms with E-state index in [1.54, 1.807) is 0 Å². The van der Waals surface area contributed by atoms with Crippen LogP contribution in [-0.2, 0) is 4.79 Å². The Labute approximate surface area is 90.3 Å². The minimum Gasteiger partial charge on any atom is -0.366 e. The summed E-state index contributed by atoms with van der Waals surface area (Å²) in [6.45, 7) is 0. The van der Waals surface area contributed by atoms with Crippen LogP contribution in [0.25, 0.3) is 0 Å². The number of hydrogen-bond acceptors (Lipinski definition) is 2. The fraction of sp³-hybridized carbons (Fsp3) is 0.750. The number of hydrogen-bond donors (Lipinski definition) is 2. The molecule has 1 spiro atoms. The van der Waals surface area contributed by atoms with Crippen LogP contribution in [0, 0.1) is 0 Å². The Morgan fingerprint density at radius 3 is 2.53 bits per heavy atom. The summed E-state index contributed by atoms with van der Waals surface area (Å²) >= 11 is 0. The van der Waals surface area contributed by atoms with E-state index >= 15 is 0 Å². The minimum atomic E-state index is -0.0848. The third-order valence-corrected chi connectivity index (χ3v) is 3.94. The van der Waals surface area contributed by atoms with Crippen LogP contribution in [0.2, 0.25) is 0 Å². The number of carbonyl (C=O) groups is 1. The van der Waals surface area contributed by atoms with Crippen molar-refractivity contribution in [3.8, 4) is 0 Å². The highest BCUT2D eigenvalue weighted by atomic mass is 16.2. The van der Waals surface area contributed by atoms with Crippen molar-refractivity contribution in [2.75, 3.05) is 0 Å². The van der Waals surface area contributed by atoms with Crippen molar-refractivity contribution in [2.45, 2.75) is 57.0 Å². The molecule has 0 saturated heterocycles. The molecule has 0 bridgehead atoms. The molecule has 0 atom stereocenters. The fourth-order valence-electron chi connectivity index (χ4n) is 3.15. The van der Waals surface area contributed by atoms with E-state index in [-0.39, 0.29) is 11.6 Å². The van der Waals surface area contributed by atoms with E-state index in [0.29, 0.717) is 0 Å². The molecule has 0 aromatic carbocycles. The van der Waals surface area contributed by atoms with Gasteiger partial charge in [-0.15, -0.1) is 0 Å². The maximum absolute atomic E-state index is 11.9. The number of amides is 1. The van der Waals surface area contributed by atoms with Crippen LogP contribution in [-0.4, -0.2) is 11.6 Å². The Bertz CT molecular complexity index is 327. The summed E-state index contributed by atoms with van der Waals surface area (Å²) in [5.74, 6) is 0.197. The maximum Gasteiger partial charge on any atom is 0.250 e. The van der Waals surface area contributed by atoms with E-state index in [2.05, 4.69) is 10.6 Å². The highest BCUT2D eigenvalue weighted by Gasteiger charge is 2.40. The first-order chi connectivity index (χ1) is 7.29. The van der Waals surface area contributed by atoms with Crippen LogP contribution in [0.15, 0.2) is 11.3 Å². The molecule has 3 aliphatic rings. The van der Waals surface area contributed by atoms with Gasteiger partial charge in [-0.05, 0) is 44.9 Å². The summed E-state index contributed by atoms with van der Waals surface area (Å²) < 4.78 is 0. The largest absolute Gasteiger partial charge is 0.366 e. The monoisotopic (exact) mass is 206 g/mol. The summed E-state index contributed by atoms with van der Waals surface area (Å²) in [6.07, 6.45) is 9.14. The molecule has 0 radical (unpaired) electrons. The predicted octanol–water partition coefficient (Wildman–Crippen LogP) is 1.80. The lowest BCUT2D eigenvalue weighted by Gasteiger charge is -2.43. The molecule has 1 fully saturated rings. The van der Waals surface area contributed by atoms with Crippen molar-refractivity contribution in [3.63, 3.8) is 0 Å². The van der Waals surface area contributed by atoms with Gasteiger partial charge >= 0.3 is 0 Å². The van der Waals surface area contributed by atoms with Crippen LogP contribution < -0.4 is 10.6 Å². The molecule has 0 unspecified atom stereocenters. The van der Waals surface area contributed by atoms with E-state index < -0.39 is 0 Å². The van der Waals surface area contributed by atoms with E-state index in [9.17, 15) is 4.79 Å². The number of nitrogens with one attached hydrogen (secondary N) is 2. The van der Waals surface area contributed by atoms with Crippen molar-refractivity contribution < 1.29 is 4.79 Å². The molecular weight excluding hydrogens is 188 g/mol. The van der Waals surface area contributed by atoms with Crippen LogP contribution >= 0.6 is 0 Å². The molecule has 3 nitrogen and oxygen atoms in total. The van der Waals surface area contributed by atoms with E-state index in [4.69, 9.17) is 0 Å². The molecule has 1 amide bonds. The normalized spacial score (nSPS) is 28.7. The molecule has 2 N–H and O–H groups in total. The molecule has 3 rings (SSSR count). The topological polar surface area (TPSA) is 41.1 Å². The third kappa shape index (κ3) is 1.45. The summed E-state index contributed by atoms with van der Waals surface area (Å²) in [4.78, 5) is 11.9. The summed E-state index contributed by atoms with van der Waals surface area (Å²) in [5.41, 5.74) is 2.17. The first kappa shape index (κ1) is 9.25. The van der Waals surface area contributed by atoms with Crippen molar-refractivity contribution in [3.05, 3.63) is 11.3 Å². The minimum absolute atomic E-state index is 0.0848. The van der Waals surface area contributed by atoms with E-state index in [1.807, 2.05) is 0 Å². The third-order valence-electron chi connectivity index (χ3n) is 3.94. The molecule has 1 saturated carbocycles. The van der Waals surface area contributed by atoms with Gasteiger partial charge in [-0.3, -0.25) is 4.79 Å². The average Bonchev–Trinajstić information content (AvgIpc) is 2.67. The zero-order chi connectivity index (χ0) is 10.3. The van der Waals surface area contributed by atoms with Crippen molar-refractivity contribution >= 4 is 5.91 Å². The lowest BCUT2D eigenvalue weighted by molar-refractivity contribution is -0.121. The van der Waals surface area contributed by atoms with Gasteiger partial charge in [0.15, 0.2) is 0 Å². The smallest absolute Gasteiger partial charge is 0.250 e. The van der Waals surface area contributed by atoms with Gasteiger partial charge in [-0.25, -0.2) is 0 Å². The van der Waals surface area contributed by atoms with Gasteiger partial charge in [-0.2, -0.15) is 0 Å². The predicted molar refractivity (Wildman–Crippen MR) is 58.0 cm³/mol. The summed E-state index contributed by atoms with van der Waals surface area (Å²) in [6, 6.07) is 0. The average molecular weight is 206 g/mol. The van der Waals surface area contributed by atoms with Gasteiger partial charge in [0, 0.05) is 11.3 Å². The standard InChI is InChI=1S/C12H18N2O/c15-11-9-5-4-6-10(9)13-12(14-11)7-2-1-3-8-12/h13H,1-8H2,(H,14,15). The number of rotatable bonds is 0. The lowest BCUT2D eigenvalue weighted by Crippen LogP contribution is -2.62. The van der Waals surface area contributed by atoms with Crippen LogP contribution in [0.1, 0.15) is 51.4 Å². The zero-order valence-electron chi connectivity index (χ0n) is 9.07. The molecule has 3 heteroatoms. The van der Waals surface area contributed by atoms with Crippen molar-refractivity contribution in [1.82, 2.24) is 10.6 Å². The molecule has 1 heterocycles. The lowest BCUT2D eigenvalue weighted by atomic mass is 9.87. The Hall–Kier alpha value is -0.990. The first-order valence-electron chi connectivity index (χ1n) is 6.12. The fourth-order valence-corrected chi connectivity index (χ4v) is 3.15. The molecule has 82 valence electrons. The Balaban J connectivity index is 1.87. The van der Waals surface area contributed by atoms with Crippen molar-refractivity contribution in [2.24, 2.45) is 0 Å². The molecule has 2 aliphatic carbocycles.